The highest BCUT2D eigenvalue weighted by Crippen LogP contribution is 2.16. The second kappa shape index (κ2) is 4.02. The molecule has 1 saturated heterocycles. The summed E-state index contributed by atoms with van der Waals surface area (Å²) in [5.41, 5.74) is 1.57. The molecular weight excluding hydrogens is 183 g/mol. The van der Waals surface area contributed by atoms with Crippen LogP contribution in [0.1, 0.15) is 17.2 Å². The Balaban J connectivity index is 2.18. The van der Waals surface area contributed by atoms with E-state index in [1.165, 1.54) is 0 Å². The van der Waals surface area contributed by atoms with Crippen LogP contribution in [0.3, 0.4) is 0 Å². The maximum atomic E-state index is 12.9. The summed E-state index contributed by atoms with van der Waals surface area (Å²) in [7, 11) is 0. The highest BCUT2D eigenvalue weighted by molar-refractivity contribution is 5.21. The van der Waals surface area contributed by atoms with Crippen LogP contribution in [-0.4, -0.2) is 24.7 Å². The highest BCUT2D eigenvalue weighted by atomic mass is 19.1. The molecule has 0 radical (unpaired) electrons. The van der Waals surface area contributed by atoms with Crippen molar-refractivity contribution < 1.29 is 9.13 Å². The van der Waals surface area contributed by atoms with Crippen LogP contribution in [0.25, 0.3) is 0 Å². The van der Waals surface area contributed by atoms with Gasteiger partial charge in [0.05, 0.1) is 19.3 Å². The second-order valence-electron chi connectivity index (χ2n) is 3.46. The zero-order valence-corrected chi connectivity index (χ0v) is 8.09. The maximum absolute atomic E-state index is 12.9. The van der Waals surface area contributed by atoms with Gasteiger partial charge in [0.25, 0.3) is 0 Å². The molecule has 0 bridgehead atoms. The Morgan fingerprint density at radius 3 is 3.14 bits per heavy atom. The molecule has 1 aromatic rings. The average Bonchev–Trinajstić information content (AvgIpc) is 2.23. The number of morpholine rings is 1. The van der Waals surface area contributed by atoms with Gasteiger partial charge in [-0.2, -0.15) is 4.39 Å². The largest absolute Gasteiger partial charge is 0.378 e. The Hall–Kier alpha value is -1.00. The third-order valence-corrected chi connectivity index (χ3v) is 2.36. The number of hydrogen-bond donors (Lipinski definition) is 1. The van der Waals surface area contributed by atoms with Gasteiger partial charge in [0.15, 0.2) is 0 Å². The fraction of sp³-hybridized carbons (Fsp3) is 0.500. The van der Waals surface area contributed by atoms with Crippen LogP contribution in [0.4, 0.5) is 4.39 Å². The molecule has 1 aliphatic rings. The van der Waals surface area contributed by atoms with Crippen molar-refractivity contribution in [2.45, 2.75) is 13.0 Å². The smallest absolute Gasteiger partial charge is 0.215 e. The van der Waals surface area contributed by atoms with Gasteiger partial charge in [-0.25, -0.2) is 4.98 Å². The van der Waals surface area contributed by atoms with Crippen LogP contribution in [0.15, 0.2) is 12.3 Å². The minimum atomic E-state index is -0.398. The molecule has 1 atom stereocenters. The molecule has 4 heteroatoms. The van der Waals surface area contributed by atoms with Crippen LogP contribution >= 0.6 is 0 Å². The van der Waals surface area contributed by atoms with Crippen LogP contribution < -0.4 is 5.32 Å². The van der Waals surface area contributed by atoms with E-state index in [1.807, 2.05) is 6.07 Å². The van der Waals surface area contributed by atoms with E-state index < -0.39 is 5.95 Å². The Bertz CT molecular complexity index is 324. The predicted octanol–water partition coefficient (Wildman–Crippen LogP) is 1.19. The van der Waals surface area contributed by atoms with Crippen LogP contribution in [0.5, 0.6) is 0 Å². The number of ether oxygens (including phenoxy) is 1. The molecule has 0 unspecified atom stereocenters. The lowest BCUT2D eigenvalue weighted by Crippen LogP contribution is -2.34. The summed E-state index contributed by atoms with van der Waals surface area (Å²) in [6.45, 7) is 3.92. The number of aryl methyl sites for hydroxylation is 1. The molecule has 3 nitrogen and oxygen atoms in total. The summed E-state index contributed by atoms with van der Waals surface area (Å²) in [4.78, 5) is 3.69. The van der Waals surface area contributed by atoms with Gasteiger partial charge >= 0.3 is 0 Å². The van der Waals surface area contributed by atoms with Gasteiger partial charge in [-0.1, -0.05) is 0 Å². The molecule has 2 rings (SSSR count). The molecule has 0 aromatic carbocycles. The molecule has 0 amide bonds. The Labute approximate surface area is 82.3 Å². The van der Waals surface area contributed by atoms with Crippen molar-refractivity contribution >= 4 is 0 Å². The molecule has 1 aromatic heterocycles. The monoisotopic (exact) mass is 196 g/mol. The van der Waals surface area contributed by atoms with Gasteiger partial charge in [0.2, 0.25) is 5.95 Å². The third-order valence-electron chi connectivity index (χ3n) is 2.36. The number of rotatable bonds is 1. The molecule has 0 aliphatic carbocycles. The van der Waals surface area contributed by atoms with Gasteiger partial charge in [0.1, 0.15) is 0 Å². The number of pyridine rings is 1. The molecule has 1 aliphatic heterocycles. The fourth-order valence-corrected chi connectivity index (χ4v) is 1.55. The van der Waals surface area contributed by atoms with Gasteiger partial charge < -0.3 is 10.1 Å². The van der Waals surface area contributed by atoms with E-state index in [1.54, 1.807) is 13.1 Å². The number of halogens is 1. The van der Waals surface area contributed by atoms with Gasteiger partial charge in [-0.3, -0.25) is 0 Å². The maximum Gasteiger partial charge on any atom is 0.215 e. The van der Waals surface area contributed by atoms with E-state index in [4.69, 9.17) is 4.74 Å². The standard InChI is InChI=1S/C10H13FN2O/c1-7-4-8(5-13-10(7)11)9-6-14-3-2-12-9/h4-5,9,12H,2-3,6H2,1H3/t9-/m0/s1. The molecule has 76 valence electrons. The average molecular weight is 196 g/mol. The van der Waals surface area contributed by atoms with Crippen LogP contribution in [0.2, 0.25) is 0 Å². The van der Waals surface area contributed by atoms with Crippen LogP contribution in [0, 0.1) is 12.9 Å². The van der Waals surface area contributed by atoms with Gasteiger partial charge in [0, 0.05) is 18.3 Å². The topological polar surface area (TPSA) is 34.1 Å². The molecule has 0 spiro atoms. The molecule has 1 fully saturated rings. The van der Waals surface area contributed by atoms with E-state index in [9.17, 15) is 4.39 Å². The SMILES string of the molecule is Cc1cc([C@@H]2COCCN2)cnc1F. The first kappa shape index (κ1) is 9.55. The van der Waals surface area contributed by atoms with Crippen LogP contribution in [-0.2, 0) is 4.74 Å². The Kier molecular flexibility index (Phi) is 2.74. The van der Waals surface area contributed by atoms with Crippen molar-refractivity contribution in [2.75, 3.05) is 19.8 Å². The minimum Gasteiger partial charge on any atom is -0.378 e. The Morgan fingerprint density at radius 1 is 1.64 bits per heavy atom. The molecule has 1 N–H and O–H groups in total. The predicted molar refractivity (Wildman–Crippen MR) is 50.5 cm³/mol. The van der Waals surface area contributed by atoms with E-state index >= 15 is 0 Å². The van der Waals surface area contributed by atoms with Gasteiger partial charge in [-0.15, -0.1) is 0 Å². The number of hydrogen-bond acceptors (Lipinski definition) is 3. The number of aromatic nitrogens is 1. The lowest BCUT2D eigenvalue weighted by atomic mass is 10.1. The first-order valence-corrected chi connectivity index (χ1v) is 4.70. The lowest BCUT2D eigenvalue weighted by molar-refractivity contribution is 0.0767. The summed E-state index contributed by atoms with van der Waals surface area (Å²) in [6.07, 6.45) is 1.56. The molecule has 0 saturated carbocycles. The van der Waals surface area contributed by atoms with E-state index in [-0.39, 0.29) is 6.04 Å². The van der Waals surface area contributed by atoms with Crippen molar-refractivity contribution in [2.24, 2.45) is 0 Å². The van der Waals surface area contributed by atoms with Gasteiger partial charge in [-0.05, 0) is 18.6 Å². The van der Waals surface area contributed by atoms with Crippen molar-refractivity contribution in [1.29, 1.82) is 0 Å². The quantitative estimate of drug-likeness (QED) is 0.685. The molecule has 14 heavy (non-hydrogen) atoms. The minimum absolute atomic E-state index is 0.149. The highest BCUT2D eigenvalue weighted by Gasteiger charge is 2.16. The summed E-state index contributed by atoms with van der Waals surface area (Å²) < 4.78 is 18.2. The number of nitrogens with zero attached hydrogens (tertiary/aromatic N) is 1. The van der Waals surface area contributed by atoms with Crippen molar-refractivity contribution in [1.82, 2.24) is 10.3 Å². The zero-order chi connectivity index (χ0) is 9.97. The van der Waals surface area contributed by atoms with E-state index in [0.29, 0.717) is 12.2 Å². The van der Waals surface area contributed by atoms with Crippen molar-refractivity contribution in [3.63, 3.8) is 0 Å². The van der Waals surface area contributed by atoms with E-state index in [2.05, 4.69) is 10.3 Å². The number of nitrogens with one attached hydrogen (secondary N) is 1. The summed E-state index contributed by atoms with van der Waals surface area (Å²) in [5.74, 6) is -0.398. The summed E-state index contributed by atoms with van der Waals surface area (Å²) in [5, 5.41) is 3.29. The first-order valence-electron chi connectivity index (χ1n) is 4.70. The second-order valence-corrected chi connectivity index (χ2v) is 3.46. The Morgan fingerprint density at radius 2 is 2.50 bits per heavy atom. The summed E-state index contributed by atoms with van der Waals surface area (Å²) in [6, 6.07) is 1.96. The molecular formula is C10H13FN2O. The fourth-order valence-electron chi connectivity index (χ4n) is 1.55. The first-order chi connectivity index (χ1) is 6.77. The molecule has 2 heterocycles. The van der Waals surface area contributed by atoms with Crippen molar-refractivity contribution in [3.05, 3.63) is 29.3 Å². The normalized spacial score (nSPS) is 22.3. The summed E-state index contributed by atoms with van der Waals surface area (Å²) >= 11 is 0. The lowest BCUT2D eigenvalue weighted by Gasteiger charge is -2.24. The van der Waals surface area contributed by atoms with Crippen molar-refractivity contribution in [3.8, 4) is 0 Å². The van der Waals surface area contributed by atoms with E-state index in [0.717, 1.165) is 18.7 Å². The zero-order valence-electron chi connectivity index (χ0n) is 8.09. The third kappa shape index (κ3) is 1.91.